The fourth-order valence-electron chi connectivity index (χ4n) is 1.99. The number of aromatic amines is 1. The van der Waals surface area contributed by atoms with Gasteiger partial charge in [-0.3, -0.25) is 10.4 Å². The second-order valence-electron chi connectivity index (χ2n) is 4.47. The van der Waals surface area contributed by atoms with Crippen LogP contribution in [0, 0.1) is 5.41 Å². The molecule has 7 nitrogen and oxygen atoms in total. The molecule has 0 unspecified atom stereocenters. The van der Waals surface area contributed by atoms with E-state index in [2.05, 4.69) is 15.0 Å². The summed E-state index contributed by atoms with van der Waals surface area (Å²) in [6.45, 7) is 0. The monoisotopic (exact) mass is 281 g/mol. The third kappa shape index (κ3) is 2.32. The first-order chi connectivity index (χ1) is 10.0. The highest BCUT2D eigenvalue weighted by molar-refractivity contribution is 5.98. The van der Waals surface area contributed by atoms with Gasteiger partial charge < -0.3 is 15.8 Å². The number of carboxylic acid groups (broad SMARTS) is 1. The minimum atomic E-state index is -1.02. The molecule has 104 valence electrons. The van der Waals surface area contributed by atoms with Crippen LogP contribution in [0.3, 0.4) is 0 Å². The summed E-state index contributed by atoms with van der Waals surface area (Å²) >= 11 is 0. The maximum absolute atomic E-state index is 11.0. The zero-order valence-corrected chi connectivity index (χ0v) is 10.8. The van der Waals surface area contributed by atoms with Crippen LogP contribution in [0.1, 0.15) is 15.9 Å². The second kappa shape index (κ2) is 4.71. The Hall–Kier alpha value is -3.22. The van der Waals surface area contributed by atoms with E-state index in [1.54, 1.807) is 18.2 Å². The van der Waals surface area contributed by atoms with Gasteiger partial charge in [0.2, 0.25) is 0 Å². The van der Waals surface area contributed by atoms with Crippen molar-refractivity contribution in [2.24, 2.45) is 5.73 Å². The van der Waals surface area contributed by atoms with Crippen LogP contribution in [-0.4, -0.2) is 31.9 Å². The van der Waals surface area contributed by atoms with Gasteiger partial charge in [-0.25, -0.2) is 9.78 Å². The quantitative estimate of drug-likeness (QED) is 0.428. The zero-order chi connectivity index (χ0) is 15.0. The lowest BCUT2D eigenvalue weighted by Crippen LogP contribution is -2.10. The molecule has 0 aliphatic rings. The number of H-pyrrole nitrogens is 1. The Labute approximate surface area is 119 Å². The van der Waals surface area contributed by atoms with Crippen LogP contribution in [0.4, 0.5) is 0 Å². The standard InChI is InChI=1S/C14H11N5O2/c15-12(16)7-1-2-9-10(5-7)19-13(18-9)11-6-8(14(20)21)3-4-17-11/h1-6H,(H3,15,16)(H,18,19)(H,20,21). The molecule has 7 heteroatoms. The molecule has 0 fully saturated rings. The lowest BCUT2D eigenvalue weighted by molar-refractivity contribution is 0.0697. The summed E-state index contributed by atoms with van der Waals surface area (Å²) < 4.78 is 0. The van der Waals surface area contributed by atoms with E-state index in [1.807, 2.05) is 0 Å². The van der Waals surface area contributed by atoms with Crippen molar-refractivity contribution in [1.82, 2.24) is 15.0 Å². The van der Waals surface area contributed by atoms with E-state index in [-0.39, 0.29) is 11.4 Å². The number of nitrogens with zero attached hydrogens (tertiary/aromatic N) is 2. The van der Waals surface area contributed by atoms with E-state index in [0.717, 1.165) is 0 Å². The van der Waals surface area contributed by atoms with Crippen molar-refractivity contribution < 1.29 is 9.90 Å². The molecule has 3 aromatic rings. The van der Waals surface area contributed by atoms with Crippen molar-refractivity contribution in [2.75, 3.05) is 0 Å². The molecular formula is C14H11N5O2. The van der Waals surface area contributed by atoms with Crippen molar-refractivity contribution in [3.63, 3.8) is 0 Å². The average molecular weight is 281 g/mol. The summed E-state index contributed by atoms with van der Waals surface area (Å²) in [4.78, 5) is 22.5. The number of carboxylic acids is 1. The minimum absolute atomic E-state index is 0.0287. The highest BCUT2D eigenvalue weighted by Crippen LogP contribution is 2.20. The molecule has 0 amide bonds. The first-order valence-electron chi connectivity index (χ1n) is 6.08. The van der Waals surface area contributed by atoms with Crippen molar-refractivity contribution in [1.29, 1.82) is 5.41 Å². The third-order valence-electron chi connectivity index (χ3n) is 3.04. The largest absolute Gasteiger partial charge is 0.478 e. The van der Waals surface area contributed by atoms with Crippen LogP contribution < -0.4 is 5.73 Å². The van der Waals surface area contributed by atoms with Crippen LogP contribution in [0.25, 0.3) is 22.6 Å². The summed E-state index contributed by atoms with van der Waals surface area (Å²) in [7, 11) is 0. The molecule has 0 saturated carbocycles. The lowest BCUT2D eigenvalue weighted by Gasteiger charge is -1.97. The number of aromatic carboxylic acids is 1. The first kappa shape index (κ1) is 12.8. The number of nitrogen functional groups attached to an aromatic ring is 1. The molecular weight excluding hydrogens is 270 g/mol. The van der Waals surface area contributed by atoms with Gasteiger partial charge in [-0.2, -0.15) is 0 Å². The molecule has 1 aromatic carbocycles. The molecule has 2 aromatic heterocycles. The first-order valence-corrected chi connectivity index (χ1v) is 6.08. The van der Waals surface area contributed by atoms with Crippen molar-refractivity contribution in [3.05, 3.63) is 47.7 Å². The Kier molecular flexibility index (Phi) is 2.87. The van der Waals surface area contributed by atoms with Crippen LogP contribution in [-0.2, 0) is 0 Å². The Morgan fingerprint density at radius 3 is 2.76 bits per heavy atom. The number of pyridine rings is 1. The maximum atomic E-state index is 11.0. The molecule has 0 bridgehead atoms. The van der Waals surface area contributed by atoms with Gasteiger partial charge in [-0.15, -0.1) is 0 Å². The topological polar surface area (TPSA) is 129 Å². The molecule has 0 aliphatic heterocycles. The van der Waals surface area contributed by atoms with Gasteiger partial charge in [0.25, 0.3) is 0 Å². The van der Waals surface area contributed by atoms with Crippen molar-refractivity contribution in [3.8, 4) is 11.5 Å². The number of hydrogen-bond acceptors (Lipinski definition) is 4. The maximum Gasteiger partial charge on any atom is 0.335 e. The van der Waals surface area contributed by atoms with E-state index in [0.29, 0.717) is 28.1 Å². The molecule has 5 N–H and O–H groups in total. The lowest BCUT2D eigenvalue weighted by atomic mass is 10.2. The number of imidazole rings is 1. The van der Waals surface area contributed by atoms with Gasteiger partial charge in [0, 0.05) is 11.8 Å². The Morgan fingerprint density at radius 1 is 1.24 bits per heavy atom. The smallest absolute Gasteiger partial charge is 0.335 e. The Morgan fingerprint density at radius 2 is 2.05 bits per heavy atom. The Balaban J connectivity index is 2.10. The second-order valence-corrected chi connectivity index (χ2v) is 4.47. The van der Waals surface area contributed by atoms with E-state index >= 15 is 0 Å². The predicted molar refractivity (Wildman–Crippen MR) is 77.3 cm³/mol. The minimum Gasteiger partial charge on any atom is -0.478 e. The van der Waals surface area contributed by atoms with Crippen molar-refractivity contribution in [2.45, 2.75) is 0 Å². The summed E-state index contributed by atoms with van der Waals surface area (Å²) in [5.41, 5.74) is 8.02. The SMILES string of the molecule is N=C(N)c1ccc2nc(-c3cc(C(=O)O)ccn3)[nH]c2c1. The van der Waals surface area contributed by atoms with E-state index in [9.17, 15) is 4.79 Å². The number of nitrogens with two attached hydrogens (primary N) is 1. The van der Waals surface area contributed by atoms with Crippen LogP contribution >= 0.6 is 0 Å². The van der Waals surface area contributed by atoms with Gasteiger partial charge in [0.1, 0.15) is 11.5 Å². The normalized spacial score (nSPS) is 10.7. The third-order valence-corrected chi connectivity index (χ3v) is 3.04. The molecule has 21 heavy (non-hydrogen) atoms. The van der Waals surface area contributed by atoms with Gasteiger partial charge in [0.15, 0.2) is 5.82 Å². The number of hydrogen-bond donors (Lipinski definition) is 4. The average Bonchev–Trinajstić information content (AvgIpc) is 2.90. The van der Waals surface area contributed by atoms with Crippen LogP contribution in [0.5, 0.6) is 0 Å². The number of aromatic nitrogens is 3. The van der Waals surface area contributed by atoms with Gasteiger partial charge in [0.05, 0.1) is 16.6 Å². The van der Waals surface area contributed by atoms with Crippen molar-refractivity contribution >= 4 is 22.8 Å². The number of carbonyl (C=O) groups is 1. The fourth-order valence-corrected chi connectivity index (χ4v) is 1.99. The van der Waals surface area contributed by atoms with E-state index in [4.69, 9.17) is 16.2 Å². The molecule has 0 aliphatic carbocycles. The number of nitrogens with one attached hydrogen (secondary N) is 2. The van der Waals surface area contributed by atoms with Gasteiger partial charge in [-0.1, -0.05) is 0 Å². The van der Waals surface area contributed by atoms with E-state index in [1.165, 1.54) is 18.3 Å². The molecule has 2 heterocycles. The van der Waals surface area contributed by atoms with Crippen LogP contribution in [0.15, 0.2) is 36.5 Å². The van der Waals surface area contributed by atoms with Gasteiger partial charge in [-0.05, 0) is 30.3 Å². The number of fused-ring (bicyclic) bond motifs is 1. The summed E-state index contributed by atoms with van der Waals surface area (Å²) in [5.74, 6) is -0.582. The highest BCUT2D eigenvalue weighted by atomic mass is 16.4. The summed E-state index contributed by atoms with van der Waals surface area (Å²) in [6.07, 6.45) is 1.42. The number of amidine groups is 1. The molecule has 3 rings (SSSR count). The van der Waals surface area contributed by atoms with E-state index < -0.39 is 5.97 Å². The molecule has 0 radical (unpaired) electrons. The summed E-state index contributed by atoms with van der Waals surface area (Å²) in [5, 5.41) is 16.4. The summed E-state index contributed by atoms with van der Waals surface area (Å²) in [6, 6.07) is 8.03. The zero-order valence-electron chi connectivity index (χ0n) is 10.8. The molecule has 0 spiro atoms. The predicted octanol–water partition coefficient (Wildman–Crippen LogP) is 1.61. The number of benzene rings is 1. The number of rotatable bonds is 3. The van der Waals surface area contributed by atoms with Gasteiger partial charge >= 0.3 is 5.97 Å². The molecule has 0 saturated heterocycles. The highest BCUT2D eigenvalue weighted by Gasteiger charge is 2.10. The Bertz CT molecular complexity index is 869. The molecule has 0 atom stereocenters. The van der Waals surface area contributed by atoms with Crippen LogP contribution in [0.2, 0.25) is 0 Å². The fraction of sp³-hybridized carbons (Fsp3) is 0.